The highest BCUT2D eigenvalue weighted by molar-refractivity contribution is 5.83. The Bertz CT molecular complexity index is 1660. The molecule has 0 fully saturated rings. The summed E-state index contributed by atoms with van der Waals surface area (Å²) in [5.74, 6) is -0.166. The predicted molar refractivity (Wildman–Crippen MR) is 153 cm³/mol. The van der Waals surface area contributed by atoms with Crippen LogP contribution in [-0.2, 0) is 4.79 Å². The molecule has 2 aliphatic heterocycles. The second kappa shape index (κ2) is 10.9. The largest absolute Gasteiger partial charge is 0.326 e. The van der Waals surface area contributed by atoms with Crippen molar-refractivity contribution in [3.63, 3.8) is 0 Å². The highest BCUT2D eigenvalue weighted by Gasteiger charge is 2.25. The molecule has 0 radical (unpaired) electrons. The lowest BCUT2D eigenvalue weighted by Crippen LogP contribution is -2.31. The molecule has 2 aliphatic rings. The Labute approximate surface area is 232 Å². The van der Waals surface area contributed by atoms with Crippen LogP contribution in [0.3, 0.4) is 0 Å². The lowest BCUT2D eigenvalue weighted by molar-refractivity contribution is -0.124. The number of fused-ring (bicyclic) bond motifs is 3. The molecule has 4 aromatic rings. The zero-order valence-corrected chi connectivity index (χ0v) is 22.5. The van der Waals surface area contributed by atoms with Gasteiger partial charge in [0, 0.05) is 47.3 Å². The van der Waals surface area contributed by atoms with Crippen LogP contribution < -0.4 is 21.7 Å². The van der Waals surface area contributed by atoms with E-state index < -0.39 is 0 Å². The van der Waals surface area contributed by atoms with E-state index in [1.807, 2.05) is 56.4 Å². The number of aromatic nitrogens is 4. The molecule has 2 atom stereocenters. The number of carbonyl (C=O) groups excluding carboxylic acids is 1. The smallest absolute Gasteiger partial charge is 0.254 e. The first-order chi connectivity index (χ1) is 19.5. The second-order valence-electron chi connectivity index (χ2n) is 10.4. The first kappa shape index (κ1) is 25.6. The van der Waals surface area contributed by atoms with Crippen LogP contribution in [0.4, 0.5) is 0 Å². The number of pyridine rings is 2. The molecule has 9 heteroatoms. The van der Waals surface area contributed by atoms with Crippen LogP contribution in [0.5, 0.6) is 0 Å². The van der Waals surface area contributed by atoms with E-state index in [9.17, 15) is 9.59 Å². The Morgan fingerprint density at radius 2 is 1.85 bits per heavy atom. The van der Waals surface area contributed by atoms with Crippen molar-refractivity contribution in [3.8, 4) is 22.4 Å². The SMILES string of the molecule is Cc1ccc(-c2cccnc2)c(-c2cc(=O)n([C@H]3CCC[C@@H](C)C(=O)NC4=C(NNC4)c4ccnc3c4)cn2)c1. The van der Waals surface area contributed by atoms with Gasteiger partial charge in [0.25, 0.3) is 5.56 Å². The zero-order valence-electron chi connectivity index (χ0n) is 22.5. The molecule has 3 N–H and O–H groups in total. The number of amides is 1. The van der Waals surface area contributed by atoms with Crippen molar-refractivity contribution in [1.82, 2.24) is 35.7 Å². The van der Waals surface area contributed by atoms with Crippen molar-refractivity contribution < 1.29 is 4.79 Å². The zero-order chi connectivity index (χ0) is 27.6. The molecular weight excluding hydrogens is 502 g/mol. The van der Waals surface area contributed by atoms with E-state index in [0.717, 1.165) is 51.3 Å². The third-order valence-corrected chi connectivity index (χ3v) is 7.62. The average molecular weight is 534 g/mol. The summed E-state index contributed by atoms with van der Waals surface area (Å²) < 4.78 is 1.67. The average Bonchev–Trinajstić information content (AvgIpc) is 3.43. The topological polar surface area (TPSA) is 114 Å². The fourth-order valence-electron chi connectivity index (χ4n) is 5.41. The standard InChI is InChI=1S/C31H31N7O2/c1-19-8-9-23(22-6-4-11-32-16-22)24(13-19)25-15-29(39)38(18-34-25)28-7-3-5-20(2)31(40)36-27-17-35-37-30(27)21-10-12-33-26(28)14-21/h4,6,8-16,18,20,28,35,37H,3,5,7,17H2,1-2H3,(H,36,40)/t20-,28+/m1/s1. The van der Waals surface area contributed by atoms with Gasteiger partial charge in [0.2, 0.25) is 5.91 Å². The molecule has 0 spiro atoms. The van der Waals surface area contributed by atoms with Crippen LogP contribution >= 0.6 is 0 Å². The number of nitrogens with zero attached hydrogens (tertiary/aromatic N) is 4. The van der Waals surface area contributed by atoms with Gasteiger partial charge in [-0.15, -0.1) is 0 Å². The molecule has 2 bridgehead atoms. The fraction of sp³-hybridized carbons (Fsp3) is 0.258. The molecule has 0 aliphatic carbocycles. The Morgan fingerprint density at radius 1 is 0.950 bits per heavy atom. The summed E-state index contributed by atoms with van der Waals surface area (Å²) in [6.07, 6.45) is 9.04. The summed E-state index contributed by atoms with van der Waals surface area (Å²) in [7, 11) is 0. The number of aryl methyl sites for hydroxylation is 1. The first-order valence-electron chi connectivity index (χ1n) is 13.6. The number of carbonyl (C=O) groups is 1. The molecule has 202 valence electrons. The van der Waals surface area contributed by atoms with Crippen molar-refractivity contribution in [2.45, 2.75) is 39.2 Å². The Morgan fingerprint density at radius 3 is 2.67 bits per heavy atom. The summed E-state index contributed by atoms with van der Waals surface area (Å²) in [5.41, 5.74) is 13.9. The fourth-order valence-corrected chi connectivity index (χ4v) is 5.41. The predicted octanol–water partition coefficient (Wildman–Crippen LogP) is 3.98. The minimum atomic E-state index is -0.322. The van der Waals surface area contributed by atoms with Crippen LogP contribution in [0.25, 0.3) is 28.1 Å². The Balaban J connectivity index is 1.42. The number of hydrogen-bond acceptors (Lipinski definition) is 7. The molecule has 1 aromatic carbocycles. The number of benzene rings is 1. The molecule has 1 amide bonds. The van der Waals surface area contributed by atoms with Gasteiger partial charge in [0.05, 0.1) is 41.7 Å². The minimum Gasteiger partial charge on any atom is -0.326 e. The second-order valence-corrected chi connectivity index (χ2v) is 10.4. The highest BCUT2D eigenvalue weighted by atomic mass is 16.2. The van der Waals surface area contributed by atoms with Gasteiger partial charge in [-0.25, -0.2) is 10.4 Å². The number of nitrogens with one attached hydrogen (secondary N) is 3. The summed E-state index contributed by atoms with van der Waals surface area (Å²) in [4.78, 5) is 40.3. The molecule has 6 rings (SSSR count). The maximum absolute atomic E-state index is 13.7. The van der Waals surface area contributed by atoms with Crippen molar-refractivity contribution in [2.75, 3.05) is 6.54 Å². The molecule has 0 saturated heterocycles. The van der Waals surface area contributed by atoms with Crippen molar-refractivity contribution in [2.24, 2.45) is 5.92 Å². The normalized spacial score (nSPS) is 19.2. The first-order valence-corrected chi connectivity index (χ1v) is 13.6. The maximum Gasteiger partial charge on any atom is 0.254 e. The van der Waals surface area contributed by atoms with Gasteiger partial charge in [-0.05, 0) is 49.6 Å². The quantitative estimate of drug-likeness (QED) is 0.365. The Kier molecular flexibility index (Phi) is 6.96. The van der Waals surface area contributed by atoms with E-state index in [0.29, 0.717) is 25.1 Å². The van der Waals surface area contributed by atoms with E-state index in [-0.39, 0.29) is 23.4 Å². The molecule has 3 aromatic heterocycles. The van der Waals surface area contributed by atoms with Crippen molar-refractivity contribution in [3.05, 3.63) is 106 Å². The third-order valence-electron chi connectivity index (χ3n) is 7.62. The Hall–Kier alpha value is -4.63. The van der Waals surface area contributed by atoms with E-state index in [1.54, 1.807) is 29.4 Å². The van der Waals surface area contributed by atoms with Gasteiger partial charge in [-0.1, -0.05) is 37.1 Å². The summed E-state index contributed by atoms with van der Waals surface area (Å²) >= 11 is 0. The monoisotopic (exact) mass is 533 g/mol. The van der Waals surface area contributed by atoms with Gasteiger partial charge in [-0.3, -0.25) is 24.1 Å². The van der Waals surface area contributed by atoms with E-state index in [4.69, 9.17) is 4.98 Å². The lowest BCUT2D eigenvalue weighted by Gasteiger charge is -2.22. The summed E-state index contributed by atoms with van der Waals surface area (Å²) in [6, 6.07) is 15.2. The number of hydrazine groups is 1. The van der Waals surface area contributed by atoms with Gasteiger partial charge in [0.15, 0.2) is 0 Å². The molecule has 0 saturated carbocycles. The highest BCUT2D eigenvalue weighted by Crippen LogP contribution is 2.32. The van der Waals surface area contributed by atoms with Crippen LogP contribution in [-0.4, -0.2) is 32.0 Å². The summed E-state index contributed by atoms with van der Waals surface area (Å²) in [6.45, 7) is 4.48. The number of rotatable bonds is 3. The van der Waals surface area contributed by atoms with E-state index in [1.165, 1.54) is 0 Å². The van der Waals surface area contributed by atoms with Gasteiger partial charge in [-0.2, -0.15) is 0 Å². The molecule has 5 heterocycles. The van der Waals surface area contributed by atoms with Crippen LogP contribution in [0.2, 0.25) is 0 Å². The number of hydrogen-bond donors (Lipinski definition) is 3. The molecular formula is C31H31N7O2. The van der Waals surface area contributed by atoms with Gasteiger partial charge >= 0.3 is 0 Å². The molecule has 0 unspecified atom stereocenters. The summed E-state index contributed by atoms with van der Waals surface area (Å²) in [5, 5.41) is 3.08. The van der Waals surface area contributed by atoms with Crippen LogP contribution in [0, 0.1) is 12.8 Å². The molecule has 9 nitrogen and oxygen atoms in total. The minimum absolute atomic E-state index is 0.00448. The van der Waals surface area contributed by atoms with E-state index in [2.05, 4.69) is 32.2 Å². The maximum atomic E-state index is 13.7. The third kappa shape index (κ3) is 5.03. The lowest BCUT2D eigenvalue weighted by atomic mass is 9.96. The van der Waals surface area contributed by atoms with Gasteiger partial charge < -0.3 is 10.7 Å². The van der Waals surface area contributed by atoms with E-state index >= 15 is 0 Å². The van der Waals surface area contributed by atoms with Crippen LogP contribution in [0.15, 0.2) is 83.9 Å². The van der Waals surface area contributed by atoms with Crippen molar-refractivity contribution >= 4 is 11.6 Å². The van der Waals surface area contributed by atoms with Crippen molar-refractivity contribution in [1.29, 1.82) is 0 Å². The van der Waals surface area contributed by atoms with Crippen LogP contribution in [0.1, 0.15) is 49.0 Å². The molecule has 40 heavy (non-hydrogen) atoms. The van der Waals surface area contributed by atoms with Gasteiger partial charge in [0.1, 0.15) is 0 Å².